The van der Waals surface area contributed by atoms with E-state index in [1.165, 1.54) is 0 Å². The van der Waals surface area contributed by atoms with Gasteiger partial charge in [-0.05, 0) is 18.6 Å². The van der Waals surface area contributed by atoms with Crippen molar-refractivity contribution < 1.29 is 19.2 Å². The van der Waals surface area contributed by atoms with Gasteiger partial charge in [-0.15, -0.1) is 0 Å². The predicted molar refractivity (Wildman–Crippen MR) is 83.3 cm³/mol. The highest BCUT2D eigenvalue weighted by molar-refractivity contribution is 6.25. The third kappa shape index (κ3) is 2.03. The lowest BCUT2D eigenvalue weighted by Crippen LogP contribution is -2.56. The molecular formula is C16H16N4O4. The molecule has 8 nitrogen and oxygen atoms in total. The van der Waals surface area contributed by atoms with Crippen LogP contribution in [0.5, 0.6) is 0 Å². The van der Waals surface area contributed by atoms with Gasteiger partial charge in [-0.2, -0.15) is 0 Å². The van der Waals surface area contributed by atoms with Gasteiger partial charge in [0, 0.05) is 25.6 Å². The van der Waals surface area contributed by atoms with Crippen molar-refractivity contribution in [2.45, 2.75) is 24.9 Å². The van der Waals surface area contributed by atoms with Gasteiger partial charge in [0.25, 0.3) is 11.8 Å². The summed E-state index contributed by atoms with van der Waals surface area (Å²) < 4.78 is 0. The molecule has 1 aromatic rings. The number of carbonyl (C=O) groups is 4. The van der Waals surface area contributed by atoms with Crippen molar-refractivity contribution in [2.75, 3.05) is 18.0 Å². The highest BCUT2D eigenvalue weighted by atomic mass is 16.2. The molecule has 24 heavy (non-hydrogen) atoms. The van der Waals surface area contributed by atoms with Crippen LogP contribution >= 0.6 is 0 Å². The quantitative estimate of drug-likeness (QED) is 0.690. The average Bonchev–Trinajstić information content (AvgIpc) is 2.77. The normalized spacial score (nSPS) is 24.1. The minimum absolute atomic E-state index is 0.0549. The zero-order chi connectivity index (χ0) is 17.0. The number of fused-ring (bicyclic) bond motifs is 1. The lowest BCUT2D eigenvalue weighted by atomic mass is 10.0. The number of nitrogens with two attached hydrogens (primary N) is 1. The molecule has 0 aromatic heterocycles. The van der Waals surface area contributed by atoms with Crippen molar-refractivity contribution in [3.05, 3.63) is 29.3 Å². The Labute approximate surface area is 137 Å². The molecule has 2 saturated heterocycles. The Bertz CT molecular complexity index is 784. The fourth-order valence-electron chi connectivity index (χ4n) is 3.47. The van der Waals surface area contributed by atoms with E-state index >= 15 is 0 Å². The lowest BCUT2D eigenvalue weighted by molar-refractivity contribution is -0.136. The molecule has 4 rings (SSSR count). The van der Waals surface area contributed by atoms with E-state index in [0.29, 0.717) is 29.9 Å². The number of hydrogen-bond donors (Lipinski definition) is 2. The van der Waals surface area contributed by atoms with Crippen LogP contribution in [0.4, 0.5) is 5.69 Å². The standard InChI is InChI=1S/C16H16N4O4/c17-8-6-19(7-8)10-3-1-2-9-13(10)16(24)20(15(9)23)11-4-5-12(21)18-14(11)22/h1-3,8,11H,4-7,17H2,(H,18,21,22). The second-order valence-electron chi connectivity index (χ2n) is 6.31. The summed E-state index contributed by atoms with van der Waals surface area (Å²) in [6, 6.07) is 4.20. The molecule has 2 fully saturated rings. The van der Waals surface area contributed by atoms with Crippen LogP contribution in [-0.2, 0) is 9.59 Å². The number of nitrogens with zero attached hydrogens (tertiary/aromatic N) is 2. The fourth-order valence-corrected chi connectivity index (χ4v) is 3.47. The first-order valence-electron chi connectivity index (χ1n) is 7.82. The summed E-state index contributed by atoms with van der Waals surface area (Å²) in [6.45, 7) is 1.24. The number of hydrogen-bond acceptors (Lipinski definition) is 6. The average molecular weight is 328 g/mol. The Morgan fingerprint density at radius 1 is 1.08 bits per heavy atom. The van der Waals surface area contributed by atoms with Crippen LogP contribution in [0.25, 0.3) is 0 Å². The molecule has 124 valence electrons. The van der Waals surface area contributed by atoms with Gasteiger partial charge >= 0.3 is 0 Å². The van der Waals surface area contributed by atoms with Crippen molar-refractivity contribution in [3.63, 3.8) is 0 Å². The Balaban J connectivity index is 1.70. The molecule has 4 amide bonds. The Morgan fingerprint density at radius 3 is 2.50 bits per heavy atom. The molecule has 0 aliphatic carbocycles. The zero-order valence-electron chi connectivity index (χ0n) is 12.8. The van der Waals surface area contributed by atoms with Crippen molar-refractivity contribution in [1.29, 1.82) is 0 Å². The van der Waals surface area contributed by atoms with Gasteiger partial charge in [0.2, 0.25) is 11.8 Å². The van der Waals surface area contributed by atoms with Crippen molar-refractivity contribution >= 4 is 29.3 Å². The fraction of sp³-hybridized carbons (Fsp3) is 0.375. The van der Waals surface area contributed by atoms with Crippen LogP contribution in [0.1, 0.15) is 33.6 Å². The molecular weight excluding hydrogens is 312 g/mol. The Kier molecular flexibility index (Phi) is 3.17. The lowest BCUT2D eigenvalue weighted by Gasteiger charge is -2.39. The van der Waals surface area contributed by atoms with Crippen molar-refractivity contribution in [3.8, 4) is 0 Å². The van der Waals surface area contributed by atoms with E-state index in [-0.39, 0.29) is 24.8 Å². The smallest absolute Gasteiger partial charge is 0.264 e. The number of rotatable bonds is 2. The topological polar surface area (TPSA) is 113 Å². The summed E-state index contributed by atoms with van der Waals surface area (Å²) in [5, 5.41) is 2.19. The van der Waals surface area contributed by atoms with Crippen LogP contribution in [0.2, 0.25) is 0 Å². The van der Waals surface area contributed by atoms with E-state index in [9.17, 15) is 19.2 Å². The molecule has 8 heteroatoms. The molecule has 0 spiro atoms. The summed E-state index contributed by atoms with van der Waals surface area (Å²) in [4.78, 5) is 51.8. The third-order valence-electron chi connectivity index (χ3n) is 4.70. The highest BCUT2D eigenvalue weighted by Crippen LogP contribution is 2.35. The molecule has 3 aliphatic heterocycles. The largest absolute Gasteiger partial charge is 0.368 e. The maximum atomic E-state index is 12.9. The third-order valence-corrected chi connectivity index (χ3v) is 4.70. The van der Waals surface area contributed by atoms with E-state index < -0.39 is 23.8 Å². The molecule has 3 heterocycles. The Morgan fingerprint density at radius 2 is 1.83 bits per heavy atom. The number of amides is 4. The van der Waals surface area contributed by atoms with Crippen LogP contribution in [0.15, 0.2) is 18.2 Å². The zero-order valence-corrected chi connectivity index (χ0v) is 12.8. The molecule has 0 radical (unpaired) electrons. The first-order chi connectivity index (χ1) is 11.5. The maximum absolute atomic E-state index is 12.9. The number of anilines is 1. The van der Waals surface area contributed by atoms with Crippen LogP contribution in [0, 0.1) is 0 Å². The highest BCUT2D eigenvalue weighted by Gasteiger charge is 2.46. The summed E-state index contributed by atoms with van der Waals surface area (Å²) in [5.74, 6) is -1.96. The first-order valence-corrected chi connectivity index (χ1v) is 7.82. The number of benzene rings is 1. The molecule has 1 unspecified atom stereocenters. The van der Waals surface area contributed by atoms with Gasteiger partial charge in [0.1, 0.15) is 6.04 Å². The second kappa shape index (κ2) is 5.13. The summed E-state index contributed by atoms with van der Waals surface area (Å²) >= 11 is 0. The van der Waals surface area contributed by atoms with Crippen molar-refractivity contribution in [1.82, 2.24) is 10.2 Å². The Hall–Kier alpha value is -2.74. The van der Waals surface area contributed by atoms with Gasteiger partial charge in [-0.25, -0.2) is 0 Å². The monoisotopic (exact) mass is 328 g/mol. The maximum Gasteiger partial charge on any atom is 0.264 e. The number of carbonyl (C=O) groups excluding carboxylic acids is 4. The number of piperidine rings is 1. The van der Waals surface area contributed by atoms with Gasteiger partial charge < -0.3 is 10.6 Å². The number of imide groups is 2. The van der Waals surface area contributed by atoms with Crippen molar-refractivity contribution in [2.24, 2.45) is 5.73 Å². The van der Waals surface area contributed by atoms with Crippen LogP contribution < -0.4 is 16.0 Å². The molecule has 3 aliphatic rings. The predicted octanol–water partition coefficient (Wildman–Crippen LogP) is -0.765. The van der Waals surface area contributed by atoms with E-state index in [1.54, 1.807) is 18.2 Å². The van der Waals surface area contributed by atoms with E-state index in [2.05, 4.69) is 5.32 Å². The summed E-state index contributed by atoms with van der Waals surface area (Å²) in [6.07, 6.45) is 0.262. The van der Waals surface area contributed by atoms with E-state index in [0.717, 1.165) is 4.90 Å². The molecule has 1 aromatic carbocycles. The second-order valence-corrected chi connectivity index (χ2v) is 6.31. The molecule has 1 atom stereocenters. The molecule has 3 N–H and O–H groups in total. The molecule has 0 bridgehead atoms. The van der Waals surface area contributed by atoms with Gasteiger partial charge in [-0.3, -0.25) is 29.4 Å². The SMILES string of the molecule is NC1CN(c2cccc3c2C(=O)N(C2CCC(=O)NC2=O)C3=O)C1. The minimum atomic E-state index is -0.943. The first kappa shape index (κ1) is 14.8. The van der Waals surface area contributed by atoms with Crippen LogP contribution in [0.3, 0.4) is 0 Å². The van der Waals surface area contributed by atoms with Crippen LogP contribution in [-0.4, -0.2) is 53.7 Å². The minimum Gasteiger partial charge on any atom is -0.368 e. The number of nitrogens with one attached hydrogen (secondary N) is 1. The van der Waals surface area contributed by atoms with Gasteiger partial charge in [-0.1, -0.05) is 6.07 Å². The van der Waals surface area contributed by atoms with E-state index in [1.807, 2.05) is 4.90 Å². The summed E-state index contributed by atoms with van der Waals surface area (Å²) in [5.41, 5.74) is 7.08. The van der Waals surface area contributed by atoms with Gasteiger partial charge in [0.15, 0.2) is 0 Å². The molecule has 0 saturated carbocycles. The summed E-state index contributed by atoms with van der Waals surface area (Å²) in [7, 11) is 0. The van der Waals surface area contributed by atoms with E-state index in [4.69, 9.17) is 5.73 Å². The van der Waals surface area contributed by atoms with Gasteiger partial charge in [0.05, 0.1) is 16.8 Å².